The van der Waals surface area contributed by atoms with E-state index < -0.39 is 0 Å². The number of hydrazone groups is 1. The summed E-state index contributed by atoms with van der Waals surface area (Å²) < 4.78 is 0. The molecule has 0 spiro atoms. The molecule has 0 aliphatic rings. The van der Waals surface area contributed by atoms with Gasteiger partial charge in [-0.3, -0.25) is 10.0 Å². The molecule has 0 unspecified atom stereocenters. The SMILES string of the molecule is CCCCN(N=C(N)N)[C@H](C=O)CCCCN=C(N)N. The topological polar surface area (TPSA) is 149 Å². The molecule has 0 fully saturated rings. The highest BCUT2D eigenvalue weighted by Gasteiger charge is 2.15. The molecule has 0 rings (SSSR count). The molecule has 0 amide bonds. The van der Waals surface area contributed by atoms with E-state index >= 15 is 0 Å². The number of aldehydes is 1. The second-order valence-electron chi connectivity index (χ2n) is 4.55. The number of nitrogens with two attached hydrogens (primary N) is 4. The molecule has 0 radical (unpaired) electrons. The van der Waals surface area contributed by atoms with Crippen molar-refractivity contribution in [3.63, 3.8) is 0 Å². The lowest BCUT2D eigenvalue weighted by molar-refractivity contribution is -0.112. The largest absolute Gasteiger partial charge is 0.370 e. The number of unbranched alkanes of at least 4 members (excludes halogenated alkanes) is 2. The van der Waals surface area contributed by atoms with Gasteiger partial charge in [-0.1, -0.05) is 13.3 Å². The lowest BCUT2D eigenvalue weighted by Crippen LogP contribution is -2.37. The number of hydrogen-bond donors (Lipinski definition) is 4. The van der Waals surface area contributed by atoms with E-state index in [0.29, 0.717) is 19.5 Å². The maximum atomic E-state index is 11.2. The van der Waals surface area contributed by atoms with E-state index in [9.17, 15) is 4.79 Å². The minimum absolute atomic E-state index is 0.0338. The third kappa shape index (κ3) is 9.01. The van der Waals surface area contributed by atoms with Crippen molar-refractivity contribution in [1.29, 1.82) is 0 Å². The zero-order valence-corrected chi connectivity index (χ0v) is 12.2. The summed E-state index contributed by atoms with van der Waals surface area (Å²) in [6, 6.07) is -0.317. The minimum atomic E-state index is -0.317. The smallest absolute Gasteiger partial charge is 0.208 e. The molecular weight excluding hydrogens is 258 g/mol. The number of nitrogens with zero attached hydrogens (tertiary/aromatic N) is 3. The summed E-state index contributed by atoms with van der Waals surface area (Å²) in [5.41, 5.74) is 21.3. The maximum absolute atomic E-state index is 11.2. The molecule has 0 bridgehead atoms. The van der Waals surface area contributed by atoms with Gasteiger partial charge in [0.25, 0.3) is 0 Å². The molecule has 8 nitrogen and oxygen atoms in total. The van der Waals surface area contributed by atoms with Gasteiger partial charge in [-0.25, -0.2) is 0 Å². The number of aliphatic imine (C=N–C) groups is 1. The Morgan fingerprint density at radius 3 is 2.35 bits per heavy atom. The van der Waals surface area contributed by atoms with E-state index in [-0.39, 0.29) is 18.0 Å². The number of guanidine groups is 2. The Bertz CT molecular complexity index is 322. The lowest BCUT2D eigenvalue weighted by atomic mass is 10.1. The first-order valence-electron chi connectivity index (χ1n) is 6.88. The summed E-state index contributed by atoms with van der Waals surface area (Å²) in [4.78, 5) is 15.1. The molecule has 1 atom stereocenters. The zero-order valence-electron chi connectivity index (χ0n) is 12.2. The van der Waals surface area contributed by atoms with Crippen LogP contribution < -0.4 is 22.9 Å². The predicted octanol–water partition coefficient (Wildman–Crippen LogP) is -0.712. The Labute approximate surface area is 120 Å². The highest BCUT2D eigenvalue weighted by molar-refractivity contribution is 5.76. The first-order valence-corrected chi connectivity index (χ1v) is 6.88. The van der Waals surface area contributed by atoms with Gasteiger partial charge >= 0.3 is 0 Å². The molecule has 0 aliphatic heterocycles. The Morgan fingerprint density at radius 1 is 1.15 bits per heavy atom. The quantitative estimate of drug-likeness (QED) is 0.129. The number of rotatable bonds is 11. The lowest BCUT2D eigenvalue weighted by Gasteiger charge is -2.25. The fourth-order valence-electron chi connectivity index (χ4n) is 1.72. The highest BCUT2D eigenvalue weighted by atomic mass is 16.1. The van der Waals surface area contributed by atoms with E-state index in [1.807, 2.05) is 0 Å². The summed E-state index contributed by atoms with van der Waals surface area (Å²) >= 11 is 0. The van der Waals surface area contributed by atoms with Crippen molar-refractivity contribution in [3.05, 3.63) is 0 Å². The van der Waals surface area contributed by atoms with Crippen LogP contribution in [0, 0.1) is 0 Å². The fraction of sp³-hybridized carbons (Fsp3) is 0.750. The third-order valence-corrected chi connectivity index (χ3v) is 2.73. The van der Waals surface area contributed by atoms with Gasteiger partial charge < -0.3 is 27.7 Å². The van der Waals surface area contributed by atoms with Gasteiger partial charge in [0.15, 0.2) is 5.96 Å². The van der Waals surface area contributed by atoms with E-state index in [1.165, 1.54) is 0 Å². The molecule has 0 aromatic heterocycles. The molecule has 0 aromatic rings. The molecule has 0 saturated carbocycles. The van der Waals surface area contributed by atoms with Gasteiger partial charge in [0.1, 0.15) is 12.3 Å². The van der Waals surface area contributed by atoms with Crippen molar-refractivity contribution in [1.82, 2.24) is 5.01 Å². The summed E-state index contributed by atoms with van der Waals surface area (Å²) in [6.45, 7) is 3.29. The molecule has 0 aromatic carbocycles. The van der Waals surface area contributed by atoms with Gasteiger partial charge in [0, 0.05) is 13.1 Å². The second-order valence-corrected chi connectivity index (χ2v) is 4.55. The molecular formula is C12H27N7O. The van der Waals surface area contributed by atoms with Gasteiger partial charge in [-0.05, 0) is 25.7 Å². The Kier molecular flexibility index (Phi) is 9.81. The van der Waals surface area contributed by atoms with Gasteiger partial charge in [0.05, 0.1) is 0 Å². The predicted molar refractivity (Wildman–Crippen MR) is 81.8 cm³/mol. The van der Waals surface area contributed by atoms with Crippen LogP contribution in [0.25, 0.3) is 0 Å². The third-order valence-electron chi connectivity index (χ3n) is 2.73. The summed E-state index contributed by atoms with van der Waals surface area (Å²) in [5.74, 6) is 0.0514. The first kappa shape index (κ1) is 18.0. The van der Waals surface area contributed by atoms with Crippen molar-refractivity contribution in [2.75, 3.05) is 13.1 Å². The summed E-state index contributed by atoms with van der Waals surface area (Å²) in [5, 5.41) is 5.68. The second kappa shape index (κ2) is 10.9. The van der Waals surface area contributed by atoms with Crippen LogP contribution in [0.1, 0.15) is 39.0 Å². The first-order chi connectivity index (χ1) is 9.51. The maximum Gasteiger partial charge on any atom is 0.208 e. The molecule has 20 heavy (non-hydrogen) atoms. The Morgan fingerprint density at radius 2 is 1.85 bits per heavy atom. The van der Waals surface area contributed by atoms with Crippen LogP contribution >= 0.6 is 0 Å². The van der Waals surface area contributed by atoms with Gasteiger partial charge in [-0.15, -0.1) is 5.10 Å². The molecule has 8 heteroatoms. The van der Waals surface area contributed by atoms with Crippen molar-refractivity contribution in [3.8, 4) is 0 Å². The Balaban J connectivity index is 4.32. The average Bonchev–Trinajstić information content (AvgIpc) is 2.38. The standard InChI is InChI=1S/C12H27N7O/c1-2-3-8-19(18-12(15)16)10(9-20)6-4-5-7-17-11(13)14/h9-10H,2-8H2,1H3,(H4,13,14,17)(H4,15,16,18)/t10-/m0/s1. The van der Waals surface area contributed by atoms with Crippen LogP contribution in [0.4, 0.5) is 0 Å². The summed E-state index contributed by atoms with van der Waals surface area (Å²) in [7, 11) is 0. The van der Waals surface area contributed by atoms with Crippen LogP contribution in [0.15, 0.2) is 10.1 Å². The highest BCUT2D eigenvalue weighted by Crippen LogP contribution is 2.09. The Hall–Kier alpha value is -1.99. The fourth-order valence-corrected chi connectivity index (χ4v) is 1.72. The molecule has 0 aliphatic carbocycles. The zero-order chi connectivity index (χ0) is 15.4. The number of carbonyl (C=O) groups excluding carboxylic acids is 1. The van der Waals surface area contributed by atoms with Crippen molar-refractivity contribution in [2.45, 2.75) is 45.1 Å². The van der Waals surface area contributed by atoms with Crippen LogP contribution in [0.2, 0.25) is 0 Å². The monoisotopic (exact) mass is 285 g/mol. The van der Waals surface area contributed by atoms with Crippen molar-refractivity contribution >= 4 is 18.2 Å². The van der Waals surface area contributed by atoms with Crippen LogP contribution in [-0.4, -0.2) is 42.3 Å². The average molecular weight is 285 g/mol. The molecule has 116 valence electrons. The van der Waals surface area contributed by atoms with Crippen LogP contribution in [-0.2, 0) is 4.79 Å². The van der Waals surface area contributed by atoms with E-state index in [4.69, 9.17) is 22.9 Å². The molecule has 0 heterocycles. The van der Waals surface area contributed by atoms with Gasteiger partial charge in [-0.2, -0.15) is 0 Å². The summed E-state index contributed by atoms with van der Waals surface area (Å²) in [6.07, 6.45) is 5.11. The van der Waals surface area contributed by atoms with Crippen LogP contribution in [0.3, 0.4) is 0 Å². The van der Waals surface area contributed by atoms with Crippen molar-refractivity contribution in [2.24, 2.45) is 33.0 Å². The number of hydrogen-bond acceptors (Lipinski definition) is 4. The molecule has 0 saturated heterocycles. The normalized spacial score (nSPS) is 11.4. The van der Waals surface area contributed by atoms with E-state index in [1.54, 1.807) is 5.01 Å². The minimum Gasteiger partial charge on any atom is -0.370 e. The number of carbonyl (C=O) groups is 1. The van der Waals surface area contributed by atoms with Crippen molar-refractivity contribution < 1.29 is 4.79 Å². The van der Waals surface area contributed by atoms with E-state index in [0.717, 1.165) is 32.0 Å². The van der Waals surface area contributed by atoms with Crippen LogP contribution in [0.5, 0.6) is 0 Å². The van der Waals surface area contributed by atoms with E-state index in [2.05, 4.69) is 17.0 Å². The molecule has 8 N–H and O–H groups in total. The van der Waals surface area contributed by atoms with Gasteiger partial charge in [0.2, 0.25) is 5.96 Å².